The summed E-state index contributed by atoms with van der Waals surface area (Å²) in [5, 5.41) is 3.69. The van der Waals surface area contributed by atoms with E-state index in [0.29, 0.717) is 6.04 Å². The number of ether oxygens (including phenoxy) is 1. The second-order valence-corrected chi connectivity index (χ2v) is 5.52. The van der Waals surface area contributed by atoms with Crippen LogP contribution in [0.1, 0.15) is 66.7 Å². The molecule has 0 spiro atoms. The van der Waals surface area contributed by atoms with Crippen molar-refractivity contribution in [3.63, 3.8) is 0 Å². The molecule has 2 nitrogen and oxygen atoms in total. The monoisotopic (exact) mass is 227 g/mol. The fourth-order valence-corrected chi connectivity index (χ4v) is 2.84. The topological polar surface area (TPSA) is 21.3 Å². The van der Waals surface area contributed by atoms with Crippen molar-refractivity contribution in [1.82, 2.24) is 5.32 Å². The Kier molecular flexibility index (Phi) is 5.26. The smallest absolute Gasteiger partial charge is 0.109 e. The van der Waals surface area contributed by atoms with E-state index in [1.807, 2.05) is 0 Å². The summed E-state index contributed by atoms with van der Waals surface area (Å²) < 4.78 is 6.29. The van der Waals surface area contributed by atoms with Gasteiger partial charge in [0.05, 0.1) is 5.60 Å². The molecule has 0 aromatic heterocycles. The average Bonchev–Trinajstić information content (AvgIpc) is 2.56. The van der Waals surface area contributed by atoms with Crippen LogP contribution in [0.25, 0.3) is 0 Å². The van der Waals surface area contributed by atoms with Crippen molar-refractivity contribution < 1.29 is 4.74 Å². The Morgan fingerprint density at radius 3 is 2.25 bits per heavy atom. The highest BCUT2D eigenvalue weighted by atomic mass is 16.5. The second-order valence-electron chi connectivity index (χ2n) is 5.52. The molecule has 2 atom stereocenters. The number of hydrogen-bond donors (Lipinski definition) is 1. The van der Waals surface area contributed by atoms with Crippen LogP contribution in [0.2, 0.25) is 0 Å². The van der Waals surface area contributed by atoms with Gasteiger partial charge >= 0.3 is 0 Å². The van der Waals surface area contributed by atoms with E-state index in [0.717, 1.165) is 25.2 Å². The molecule has 0 aliphatic carbocycles. The molecule has 96 valence electrons. The largest absolute Gasteiger partial charge is 0.355 e. The molecule has 2 heteroatoms. The van der Waals surface area contributed by atoms with Gasteiger partial charge in [-0.15, -0.1) is 0 Å². The minimum atomic E-state index is 0.0874. The summed E-state index contributed by atoms with van der Waals surface area (Å²) >= 11 is 0. The van der Waals surface area contributed by atoms with Crippen LogP contribution >= 0.6 is 0 Å². The van der Waals surface area contributed by atoms with Crippen molar-refractivity contribution in [3.05, 3.63) is 0 Å². The van der Waals surface area contributed by atoms with Crippen LogP contribution in [-0.2, 0) is 4.74 Å². The third-order valence-electron chi connectivity index (χ3n) is 3.85. The van der Waals surface area contributed by atoms with Gasteiger partial charge in [0.1, 0.15) is 6.23 Å². The molecule has 0 amide bonds. The summed E-state index contributed by atoms with van der Waals surface area (Å²) in [5.41, 5.74) is 0.0874. The van der Waals surface area contributed by atoms with E-state index in [9.17, 15) is 0 Å². The maximum atomic E-state index is 6.29. The van der Waals surface area contributed by atoms with Gasteiger partial charge in [0, 0.05) is 6.04 Å². The normalized spacial score (nSPS) is 28.9. The van der Waals surface area contributed by atoms with Crippen LogP contribution in [-0.4, -0.2) is 17.9 Å². The molecule has 1 fully saturated rings. The lowest BCUT2D eigenvalue weighted by molar-refractivity contribution is -0.0577. The van der Waals surface area contributed by atoms with Crippen molar-refractivity contribution in [2.45, 2.75) is 84.6 Å². The van der Waals surface area contributed by atoms with Crippen LogP contribution < -0.4 is 5.32 Å². The lowest BCUT2D eigenvalue weighted by atomic mass is 9.84. The first-order chi connectivity index (χ1) is 7.57. The molecule has 1 unspecified atom stereocenters. The Morgan fingerprint density at radius 2 is 1.81 bits per heavy atom. The van der Waals surface area contributed by atoms with E-state index < -0.39 is 0 Å². The van der Waals surface area contributed by atoms with Gasteiger partial charge in [0.2, 0.25) is 0 Å². The number of rotatable bonds is 6. The standard InChI is InChI=1S/C14H29NO/c1-6-9-13-15-12(10-11(4)5)14(7-2,8-3)16-13/h11-13,15H,6-10H2,1-5H3/t12-,13?/m0/s1. The molecule has 0 aromatic rings. The molecule has 0 aromatic carbocycles. The molecule has 1 N–H and O–H groups in total. The molecular formula is C14H29NO. The third-order valence-corrected chi connectivity index (χ3v) is 3.85. The second kappa shape index (κ2) is 6.02. The average molecular weight is 227 g/mol. The fourth-order valence-electron chi connectivity index (χ4n) is 2.84. The fraction of sp³-hybridized carbons (Fsp3) is 1.00. The van der Waals surface area contributed by atoms with Gasteiger partial charge in [-0.1, -0.05) is 41.0 Å². The van der Waals surface area contributed by atoms with Gasteiger partial charge in [0.25, 0.3) is 0 Å². The summed E-state index contributed by atoms with van der Waals surface area (Å²) in [6.07, 6.45) is 6.07. The van der Waals surface area contributed by atoms with Crippen LogP contribution in [0.15, 0.2) is 0 Å². The Morgan fingerprint density at radius 1 is 1.19 bits per heavy atom. The van der Waals surface area contributed by atoms with Crippen molar-refractivity contribution in [3.8, 4) is 0 Å². The Bertz CT molecular complexity index is 199. The highest BCUT2D eigenvalue weighted by Gasteiger charge is 2.45. The summed E-state index contributed by atoms with van der Waals surface area (Å²) in [4.78, 5) is 0. The minimum absolute atomic E-state index is 0.0874. The maximum absolute atomic E-state index is 6.29. The van der Waals surface area contributed by atoms with Gasteiger partial charge in [-0.3, -0.25) is 5.32 Å². The van der Waals surface area contributed by atoms with Crippen molar-refractivity contribution in [2.24, 2.45) is 5.92 Å². The Hall–Kier alpha value is -0.0800. The summed E-state index contributed by atoms with van der Waals surface area (Å²) in [6, 6.07) is 0.541. The molecule has 1 rings (SSSR count). The molecule has 1 heterocycles. The van der Waals surface area contributed by atoms with E-state index >= 15 is 0 Å². The van der Waals surface area contributed by atoms with E-state index in [2.05, 4.69) is 39.9 Å². The first-order valence-corrected chi connectivity index (χ1v) is 7.01. The zero-order valence-electron chi connectivity index (χ0n) is 11.7. The van der Waals surface area contributed by atoms with Crippen LogP contribution in [0.4, 0.5) is 0 Å². The van der Waals surface area contributed by atoms with Gasteiger partial charge in [-0.05, 0) is 31.6 Å². The van der Waals surface area contributed by atoms with Gasteiger partial charge in [0.15, 0.2) is 0 Å². The van der Waals surface area contributed by atoms with Gasteiger partial charge in [-0.2, -0.15) is 0 Å². The SMILES string of the molecule is CCCC1N[C@@H](CC(C)C)C(CC)(CC)O1. The zero-order valence-corrected chi connectivity index (χ0v) is 11.7. The van der Waals surface area contributed by atoms with Crippen molar-refractivity contribution in [2.75, 3.05) is 0 Å². The van der Waals surface area contributed by atoms with E-state index in [1.165, 1.54) is 12.8 Å². The molecule has 0 saturated carbocycles. The van der Waals surface area contributed by atoms with E-state index in [1.54, 1.807) is 0 Å². The van der Waals surface area contributed by atoms with Crippen LogP contribution in [0, 0.1) is 5.92 Å². The molecule has 0 bridgehead atoms. The highest BCUT2D eigenvalue weighted by Crippen LogP contribution is 2.35. The summed E-state index contributed by atoms with van der Waals surface area (Å²) in [7, 11) is 0. The summed E-state index contributed by atoms with van der Waals surface area (Å²) in [6.45, 7) is 11.3. The molecule has 1 saturated heterocycles. The molecule has 1 aliphatic rings. The molecule has 16 heavy (non-hydrogen) atoms. The van der Waals surface area contributed by atoms with E-state index in [-0.39, 0.29) is 11.8 Å². The van der Waals surface area contributed by atoms with Crippen molar-refractivity contribution in [1.29, 1.82) is 0 Å². The molecule has 1 aliphatic heterocycles. The molecular weight excluding hydrogens is 198 g/mol. The Balaban J connectivity index is 2.69. The Labute approximate surface area is 101 Å². The van der Waals surface area contributed by atoms with Gasteiger partial charge < -0.3 is 4.74 Å². The lowest BCUT2D eigenvalue weighted by Gasteiger charge is -2.32. The lowest BCUT2D eigenvalue weighted by Crippen LogP contribution is -2.43. The predicted molar refractivity (Wildman–Crippen MR) is 69.5 cm³/mol. The zero-order chi connectivity index (χ0) is 12.2. The minimum Gasteiger partial charge on any atom is -0.355 e. The number of hydrogen-bond acceptors (Lipinski definition) is 2. The summed E-state index contributed by atoms with van der Waals surface area (Å²) in [5.74, 6) is 0.735. The quantitative estimate of drug-likeness (QED) is 0.747. The van der Waals surface area contributed by atoms with Crippen molar-refractivity contribution >= 4 is 0 Å². The molecule has 0 radical (unpaired) electrons. The van der Waals surface area contributed by atoms with E-state index in [4.69, 9.17) is 4.74 Å². The van der Waals surface area contributed by atoms with Crippen LogP contribution in [0.3, 0.4) is 0 Å². The first kappa shape index (κ1) is 14.0. The number of nitrogens with one attached hydrogen (secondary N) is 1. The highest BCUT2D eigenvalue weighted by molar-refractivity contribution is 4.98. The van der Waals surface area contributed by atoms with Gasteiger partial charge in [-0.25, -0.2) is 0 Å². The first-order valence-electron chi connectivity index (χ1n) is 7.01. The third kappa shape index (κ3) is 2.98. The van der Waals surface area contributed by atoms with Crippen LogP contribution in [0.5, 0.6) is 0 Å². The predicted octanol–water partition coefficient (Wildman–Crippen LogP) is 3.71. The maximum Gasteiger partial charge on any atom is 0.109 e.